The first-order valence-corrected chi connectivity index (χ1v) is 11.0. The Balaban J connectivity index is 1.52. The third-order valence-electron chi connectivity index (χ3n) is 4.66. The number of benzene rings is 2. The number of amides is 2. The van der Waals surface area contributed by atoms with Crippen molar-refractivity contribution in [1.82, 2.24) is 26.1 Å². The fraction of sp³-hybridized carbons (Fsp3) is 0.0870. The van der Waals surface area contributed by atoms with Crippen LogP contribution in [0.5, 0.6) is 0 Å². The third-order valence-corrected chi connectivity index (χ3v) is 5.93. The highest BCUT2D eigenvalue weighted by Crippen LogP contribution is 2.24. The van der Waals surface area contributed by atoms with E-state index >= 15 is 0 Å². The summed E-state index contributed by atoms with van der Waals surface area (Å²) >= 11 is 6.49. The zero-order chi connectivity index (χ0) is 22.7. The van der Waals surface area contributed by atoms with Crippen LogP contribution < -0.4 is 16.2 Å². The maximum Gasteiger partial charge on any atom is 0.281 e. The van der Waals surface area contributed by atoms with E-state index in [1.807, 2.05) is 61.5 Å². The van der Waals surface area contributed by atoms with E-state index in [0.29, 0.717) is 32.7 Å². The van der Waals surface area contributed by atoms with Crippen molar-refractivity contribution in [2.75, 3.05) is 0 Å². The molecule has 2 aromatic carbocycles. The molecule has 0 saturated carbocycles. The van der Waals surface area contributed by atoms with Crippen LogP contribution in [0.15, 0.2) is 60.7 Å². The molecule has 0 fully saturated rings. The molecule has 9 heteroatoms. The first-order chi connectivity index (χ1) is 15.4. The molecule has 0 atom stereocenters. The van der Waals surface area contributed by atoms with Crippen molar-refractivity contribution in [3.63, 3.8) is 0 Å². The molecule has 2 amide bonds. The van der Waals surface area contributed by atoms with E-state index in [9.17, 15) is 9.59 Å². The quantitative estimate of drug-likeness (QED) is 0.316. The summed E-state index contributed by atoms with van der Waals surface area (Å²) in [5.74, 6) is -0.775. The SMILES string of the molecule is Cc1nc(C)c(C(=O)NNC(=S)NC(=O)c2cc(-c3ccccc3)nc3ccccc23)s1. The van der Waals surface area contributed by atoms with E-state index in [4.69, 9.17) is 12.2 Å². The number of pyridine rings is 1. The molecule has 0 aliphatic heterocycles. The van der Waals surface area contributed by atoms with Crippen LogP contribution in [0.3, 0.4) is 0 Å². The predicted octanol–water partition coefficient (Wildman–Crippen LogP) is 3.92. The van der Waals surface area contributed by atoms with Gasteiger partial charge in [0.2, 0.25) is 0 Å². The normalized spacial score (nSPS) is 10.6. The molecule has 4 rings (SSSR count). The van der Waals surface area contributed by atoms with Gasteiger partial charge in [0.25, 0.3) is 11.8 Å². The van der Waals surface area contributed by atoms with Crippen molar-refractivity contribution >= 4 is 51.4 Å². The van der Waals surface area contributed by atoms with Crippen LogP contribution in [-0.2, 0) is 0 Å². The lowest BCUT2D eigenvalue weighted by atomic mass is 10.0. The number of nitrogens with zero attached hydrogens (tertiary/aromatic N) is 2. The topological polar surface area (TPSA) is 96.0 Å². The van der Waals surface area contributed by atoms with Gasteiger partial charge in [-0.3, -0.25) is 25.8 Å². The number of carbonyl (C=O) groups excluding carboxylic acids is 2. The second kappa shape index (κ2) is 9.21. The number of hydrazine groups is 1. The third kappa shape index (κ3) is 4.63. The summed E-state index contributed by atoms with van der Waals surface area (Å²) in [7, 11) is 0. The Kier molecular flexibility index (Phi) is 6.20. The number of hydrogen-bond donors (Lipinski definition) is 3. The van der Waals surface area contributed by atoms with Crippen molar-refractivity contribution in [3.8, 4) is 11.3 Å². The van der Waals surface area contributed by atoms with E-state index in [1.54, 1.807) is 13.0 Å². The van der Waals surface area contributed by atoms with Gasteiger partial charge >= 0.3 is 0 Å². The number of carbonyl (C=O) groups is 2. The molecule has 0 aliphatic rings. The van der Waals surface area contributed by atoms with E-state index in [0.717, 1.165) is 10.6 Å². The van der Waals surface area contributed by atoms with Gasteiger partial charge < -0.3 is 0 Å². The van der Waals surface area contributed by atoms with Gasteiger partial charge in [0.15, 0.2) is 5.11 Å². The molecule has 2 aromatic heterocycles. The van der Waals surface area contributed by atoms with Crippen LogP contribution in [0.25, 0.3) is 22.2 Å². The number of aryl methyl sites for hydroxylation is 2. The van der Waals surface area contributed by atoms with Crippen molar-refractivity contribution < 1.29 is 9.59 Å². The molecule has 0 bridgehead atoms. The van der Waals surface area contributed by atoms with Gasteiger partial charge in [0, 0.05) is 10.9 Å². The molecule has 7 nitrogen and oxygen atoms in total. The molecule has 0 spiro atoms. The lowest BCUT2D eigenvalue weighted by Crippen LogP contribution is -2.48. The summed E-state index contributed by atoms with van der Waals surface area (Å²) in [6, 6.07) is 18.8. The number of para-hydroxylation sites is 1. The average molecular weight is 462 g/mol. The zero-order valence-corrected chi connectivity index (χ0v) is 18.9. The molecule has 3 N–H and O–H groups in total. The minimum Gasteiger partial charge on any atom is -0.298 e. The molecule has 0 saturated heterocycles. The molecule has 160 valence electrons. The first-order valence-electron chi connectivity index (χ1n) is 9.73. The maximum atomic E-state index is 13.0. The van der Waals surface area contributed by atoms with Gasteiger partial charge in [-0.25, -0.2) is 9.97 Å². The molecular formula is C23H19N5O2S2. The molecule has 0 aliphatic carbocycles. The van der Waals surface area contributed by atoms with E-state index in [2.05, 4.69) is 26.1 Å². The summed E-state index contributed by atoms with van der Waals surface area (Å²) in [5.41, 5.74) is 8.41. The molecular weight excluding hydrogens is 442 g/mol. The van der Waals surface area contributed by atoms with Crippen molar-refractivity contribution in [2.24, 2.45) is 0 Å². The number of thiazole rings is 1. The number of rotatable bonds is 3. The average Bonchev–Trinajstić information content (AvgIpc) is 3.15. The van der Waals surface area contributed by atoms with Crippen LogP contribution in [0.2, 0.25) is 0 Å². The number of aromatic nitrogens is 2. The van der Waals surface area contributed by atoms with Gasteiger partial charge in [-0.05, 0) is 38.2 Å². The summed E-state index contributed by atoms with van der Waals surface area (Å²) in [5, 5.41) is 4.09. The Bertz CT molecular complexity index is 1330. The van der Waals surface area contributed by atoms with Crippen LogP contribution in [-0.4, -0.2) is 26.9 Å². The van der Waals surface area contributed by atoms with Crippen molar-refractivity contribution in [3.05, 3.63) is 81.8 Å². The van der Waals surface area contributed by atoms with Gasteiger partial charge in [0.1, 0.15) is 4.88 Å². The molecule has 32 heavy (non-hydrogen) atoms. The Morgan fingerprint density at radius 2 is 1.62 bits per heavy atom. The zero-order valence-electron chi connectivity index (χ0n) is 17.3. The number of nitrogens with one attached hydrogen (secondary N) is 3. The first kappa shape index (κ1) is 21.5. The second-order valence-electron chi connectivity index (χ2n) is 6.95. The smallest absolute Gasteiger partial charge is 0.281 e. The van der Waals surface area contributed by atoms with E-state index in [-0.39, 0.29) is 11.0 Å². The van der Waals surface area contributed by atoms with Gasteiger partial charge in [0.05, 0.1) is 27.5 Å². The van der Waals surface area contributed by atoms with Crippen molar-refractivity contribution in [1.29, 1.82) is 0 Å². The Labute approximate surface area is 193 Å². The van der Waals surface area contributed by atoms with Gasteiger partial charge in [-0.1, -0.05) is 48.5 Å². The number of thiocarbonyl (C=S) groups is 1. The minimum absolute atomic E-state index is 0.0237. The summed E-state index contributed by atoms with van der Waals surface area (Å²) in [6.45, 7) is 3.59. The summed E-state index contributed by atoms with van der Waals surface area (Å²) in [6.07, 6.45) is 0. The Morgan fingerprint density at radius 1 is 0.906 bits per heavy atom. The standard InChI is InChI=1S/C23H19N5O2S2/c1-13-20(32-14(2)24-13)22(30)27-28-23(31)26-21(29)17-12-19(15-8-4-3-5-9-15)25-18-11-7-6-10-16(17)18/h3-12H,1-2H3,(H,27,30)(H2,26,28,29,31). The highest BCUT2D eigenvalue weighted by molar-refractivity contribution is 7.80. The molecule has 4 aromatic rings. The van der Waals surface area contributed by atoms with Gasteiger partial charge in [-0.15, -0.1) is 11.3 Å². The maximum absolute atomic E-state index is 13.0. The molecule has 0 unspecified atom stereocenters. The number of fused-ring (bicyclic) bond motifs is 1. The molecule has 2 heterocycles. The summed E-state index contributed by atoms with van der Waals surface area (Å²) in [4.78, 5) is 34.8. The summed E-state index contributed by atoms with van der Waals surface area (Å²) < 4.78 is 0. The lowest BCUT2D eigenvalue weighted by molar-refractivity contribution is 0.0937. The second-order valence-corrected chi connectivity index (χ2v) is 8.56. The molecule has 0 radical (unpaired) electrons. The van der Waals surface area contributed by atoms with Crippen LogP contribution >= 0.6 is 23.6 Å². The monoisotopic (exact) mass is 461 g/mol. The van der Waals surface area contributed by atoms with Crippen LogP contribution in [0.4, 0.5) is 0 Å². The van der Waals surface area contributed by atoms with E-state index in [1.165, 1.54) is 11.3 Å². The fourth-order valence-electron chi connectivity index (χ4n) is 3.23. The highest BCUT2D eigenvalue weighted by Gasteiger charge is 2.17. The van der Waals surface area contributed by atoms with Crippen molar-refractivity contribution in [2.45, 2.75) is 13.8 Å². The van der Waals surface area contributed by atoms with Gasteiger partial charge in [-0.2, -0.15) is 0 Å². The largest absolute Gasteiger partial charge is 0.298 e. The Morgan fingerprint density at radius 3 is 2.34 bits per heavy atom. The minimum atomic E-state index is -0.405. The Hall–Kier alpha value is -3.69. The number of hydrogen-bond acceptors (Lipinski definition) is 6. The van der Waals surface area contributed by atoms with E-state index < -0.39 is 5.91 Å². The van der Waals surface area contributed by atoms with Crippen LogP contribution in [0.1, 0.15) is 30.7 Å². The highest BCUT2D eigenvalue weighted by atomic mass is 32.1. The lowest BCUT2D eigenvalue weighted by Gasteiger charge is -2.13. The van der Waals surface area contributed by atoms with Crippen LogP contribution in [0, 0.1) is 13.8 Å². The fourth-order valence-corrected chi connectivity index (χ4v) is 4.19. The predicted molar refractivity (Wildman–Crippen MR) is 129 cm³/mol.